The number of rotatable bonds is 6. The molecule has 0 aromatic heterocycles. The number of aliphatic imine (C=N–C) groups is 1. The van der Waals surface area contributed by atoms with Gasteiger partial charge in [-0.2, -0.15) is 0 Å². The van der Waals surface area contributed by atoms with Crippen LogP contribution in [0.1, 0.15) is 51.6 Å². The average Bonchev–Trinajstić information content (AvgIpc) is 3.56. The first-order valence-corrected chi connectivity index (χ1v) is 11.7. The molecule has 0 bridgehead atoms. The molecule has 30 heavy (non-hydrogen) atoms. The smallest absolute Gasteiger partial charge is 0.338 e. The molecule has 1 aromatic carbocycles. The third-order valence-electron chi connectivity index (χ3n) is 5.44. The minimum Gasteiger partial charge on any atom is -0.462 e. The number of benzene rings is 1. The number of nitrogens with zero attached hydrogens (tertiary/aromatic N) is 2. The summed E-state index contributed by atoms with van der Waals surface area (Å²) in [6.07, 6.45) is 2.96. The van der Waals surface area contributed by atoms with E-state index in [1.807, 2.05) is 45.0 Å². The number of carbonyl (C=O) groups excluding carboxylic acids is 2. The zero-order valence-corrected chi connectivity index (χ0v) is 18.6. The van der Waals surface area contributed by atoms with Crippen LogP contribution in [0.2, 0.25) is 0 Å². The number of ether oxygens (including phenoxy) is 1. The fraction of sp³-hybridized carbons (Fsp3) is 0.522. The summed E-state index contributed by atoms with van der Waals surface area (Å²) >= 11 is 1.73. The Balaban J connectivity index is 1.67. The maximum Gasteiger partial charge on any atom is 0.338 e. The first-order valence-electron chi connectivity index (χ1n) is 10.7. The second kappa shape index (κ2) is 8.84. The van der Waals surface area contributed by atoms with Crippen molar-refractivity contribution in [2.75, 3.05) is 24.2 Å². The molecule has 6 nitrogen and oxygen atoms in total. The van der Waals surface area contributed by atoms with E-state index in [-0.39, 0.29) is 29.8 Å². The standard InChI is InChI=1S/C23H29N3O3S/c1-14(2)13-29-22(28)19-15(3)24-23-26(10-5-11-30-23)20(19)17-6-4-7-18(12-17)25-21(27)16-8-9-16/h4,6-7,12,14,16,20H,5,8-11,13H2,1-3H3,(H,25,27). The number of esters is 1. The highest BCUT2D eigenvalue weighted by molar-refractivity contribution is 8.13. The summed E-state index contributed by atoms with van der Waals surface area (Å²) in [7, 11) is 0. The molecule has 0 radical (unpaired) electrons. The van der Waals surface area contributed by atoms with Gasteiger partial charge in [0.2, 0.25) is 5.91 Å². The quantitative estimate of drug-likeness (QED) is 0.683. The number of thioether (sulfide) groups is 1. The van der Waals surface area contributed by atoms with Gasteiger partial charge >= 0.3 is 5.97 Å². The third kappa shape index (κ3) is 4.56. The number of amides is 1. The zero-order valence-electron chi connectivity index (χ0n) is 17.8. The SMILES string of the molecule is CC1=C(C(=O)OCC(C)C)C(c2cccc(NC(=O)C3CC3)c2)N2CCCSC2=N1. The van der Waals surface area contributed by atoms with Crippen LogP contribution in [0.25, 0.3) is 0 Å². The third-order valence-corrected chi connectivity index (χ3v) is 6.52. The Labute approximate surface area is 182 Å². The summed E-state index contributed by atoms with van der Waals surface area (Å²) in [5.74, 6) is 1.21. The fourth-order valence-electron chi connectivity index (χ4n) is 3.77. The molecule has 160 valence electrons. The largest absolute Gasteiger partial charge is 0.462 e. The van der Waals surface area contributed by atoms with Crippen LogP contribution in [0.15, 0.2) is 40.5 Å². The van der Waals surface area contributed by atoms with E-state index in [1.165, 1.54) is 0 Å². The maximum atomic E-state index is 13.1. The van der Waals surface area contributed by atoms with E-state index >= 15 is 0 Å². The van der Waals surface area contributed by atoms with Gasteiger partial charge in [-0.25, -0.2) is 9.79 Å². The maximum absolute atomic E-state index is 13.1. The van der Waals surface area contributed by atoms with Crippen molar-refractivity contribution >= 4 is 34.5 Å². The van der Waals surface area contributed by atoms with Gasteiger partial charge < -0.3 is 15.0 Å². The molecule has 7 heteroatoms. The highest BCUT2D eigenvalue weighted by Gasteiger charge is 2.38. The van der Waals surface area contributed by atoms with E-state index < -0.39 is 0 Å². The molecule has 2 fully saturated rings. The lowest BCUT2D eigenvalue weighted by molar-refractivity contribution is -0.141. The Morgan fingerprint density at radius 3 is 2.87 bits per heavy atom. The van der Waals surface area contributed by atoms with Crippen molar-refractivity contribution in [1.29, 1.82) is 0 Å². The summed E-state index contributed by atoms with van der Waals surface area (Å²) in [6, 6.07) is 7.58. The Kier molecular flexibility index (Phi) is 6.18. The number of allylic oxidation sites excluding steroid dienone is 1. The van der Waals surface area contributed by atoms with Gasteiger partial charge in [0.15, 0.2) is 5.17 Å². The molecule has 2 aliphatic heterocycles. The molecule has 4 rings (SSSR count). The molecule has 1 aliphatic carbocycles. The molecule has 0 spiro atoms. The molecule has 1 saturated carbocycles. The van der Waals surface area contributed by atoms with Gasteiger partial charge in [0.25, 0.3) is 0 Å². The van der Waals surface area contributed by atoms with Crippen molar-refractivity contribution in [2.24, 2.45) is 16.8 Å². The fourth-order valence-corrected chi connectivity index (χ4v) is 4.79. The van der Waals surface area contributed by atoms with Crippen molar-refractivity contribution in [3.8, 4) is 0 Å². The first-order chi connectivity index (χ1) is 14.4. The topological polar surface area (TPSA) is 71.0 Å². The minimum absolute atomic E-state index is 0.0786. The van der Waals surface area contributed by atoms with Crippen LogP contribution in [0.3, 0.4) is 0 Å². The van der Waals surface area contributed by atoms with Crippen LogP contribution in [-0.4, -0.2) is 40.8 Å². The summed E-state index contributed by atoms with van der Waals surface area (Å²) in [4.78, 5) is 32.2. The second-order valence-corrected chi connectivity index (χ2v) is 9.63. The second-order valence-electron chi connectivity index (χ2n) is 8.57. The van der Waals surface area contributed by atoms with Crippen LogP contribution in [0.5, 0.6) is 0 Å². The number of nitrogens with one attached hydrogen (secondary N) is 1. The highest BCUT2D eigenvalue weighted by Crippen LogP contribution is 2.40. The predicted molar refractivity (Wildman–Crippen MR) is 120 cm³/mol. The molecule has 3 aliphatic rings. The van der Waals surface area contributed by atoms with Crippen LogP contribution < -0.4 is 5.32 Å². The van der Waals surface area contributed by atoms with Crippen molar-refractivity contribution in [3.63, 3.8) is 0 Å². The lowest BCUT2D eigenvalue weighted by Gasteiger charge is -2.40. The van der Waals surface area contributed by atoms with Crippen LogP contribution >= 0.6 is 11.8 Å². The van der Waals surface area contributed by atoms with Gasteiger partial charge in [0.1, 0.15) is 0 Å². The van der Waals surface area contributed by atoms with Crippen molar-refractivity contribution < 1.29 is 14.3 Å². The van der Waals surface area contributed by atoms with E-state index in [1.54, 1.807) is 11.8 Å². The van der Waals surface area contributed by atoms with E-state index in [4.69, 9.17) is 9.73 Å². The Morgan fingerprint density at radius 2 is 2.13 bits per heavy atom. The first kappa shape index (κ1) is 21.0. The van der Waals surface area contributed by atoms with E-state index in [0.717, 1.165) is 48.0 Å². The predicted octanol–water partition coefficient (Wildman–Crippen LogP) is 4.36. The Bertz CT molecular complexity index is 905. The lowest BCUT2D eigenvalue weighted by Crippen LogP contribution is -2.42. The van der Waals surface area contributed by atoms with Gasteiger partial charge in [-0.15, -0.1) is 0 Å². The lowest BCUT2D eigenvalue weighted by atomic mass is 9.94. The zero-order chi connectivity index (χ0) is 21.3. The molecule has 1 amide bonds. The molecule has 1 unspecified atom stereocenters. The number of carbonyl (C=O) groups is 2. The number of fused-ring (bicyclic) bond motifs is 1. The van der Waals surface area contributed by atoms with Crippen LogP contribution in [-0.2, 0) is 14.3 Å². The van der Waals surface area contributed by atoms with Crippen LogP contribution in [0.4, 0.5) is 5.69 Å². The normalized spacial score (nSPS) is 21.3. The van der Waals surface area contributed by atoms with Crippen LogP contribution in [0, 0.1) is 11.8 Å². The van der Waals surface area contributed by atoms with Gasteiger partial charge in [-0.1, -0.05) is 37.7 Å². The minimum atomic E-state index is -0.308. The molecule has 1 atom stereocenters. The van der Waals surface area contributed by atoms with Gasteiger partial charge in [-0.05, 0) is 49.8 Å². The van der Waals surface area contributed by atoms with Gasteiger partial charge in [-0.3, -0.25) is 4.79 Å². The Hall–Kier alpha value is -2.28. The molecule has 2 heterocycles. The number of hydrogen-bond acceptors (Lipinski definition) is 6. The van der Waals surface area contributed by atoms with Gasteiger partial charge in [0.05, 0.1) is 23.9 Å². The molecular formula is C23H29N3O3S. The molecule has 1 aromatic rings. The summed E-state index contributed by atoms with van der Waals surface area (Å²) in [6.45, 7) is 7.15. The molecule has 1 N–H and O–H groups in total. The van der Waals surface area contributed by atoms with E-state index in [2.05, 4.69) is 10.2 Å². The van der Waals surface area contributed by atoms with Crippen molar-refractivity contribution in [1.82, 2.24) is 4.90 Å². The number of amidine groups is 1. The molecular weight excluding hydrogens is 398 g/mol. The monoisotopic (exact) mass is 427 g/mol. The number of anilines is 1. The summed E-state index contributed by atoms with van der Waals surface area (Å²) in [5, 5.41) is 3.98. The van der Waals surface area contributed by atoms with E-state index in [0.29, 0.717) is 17.9 Å². The van der Waals surface area contributed by atoms with Crippen molar-refractivity contribution in [2.45, 2.75) is 46.1 Å². The van der Waals surface area contributed by atoms with Crippen molar-refractivity contribution in [3.05, 3.63) is 41.1 Å². The van der Waals surface area contributed by atoms with Gasteiger partial charge in [0, 0.05) is 23.9 Å². The van der Waals surface area contributed by atoms with E-state index in [9.17, 15) is 9.59 Å². The Morgan fingerprint density at radius 1 is 1.33 bits per heavy atom. The average molecular weight is 428 g/mol. The highest BCUT2D eigenvalue weighted by atomic mass is 32.2. The summed E-state index contributed by atoms with van der Waals surface area (Å²) in [5.41, 5.74) is 3.04. The number of hydrogen-bond donors (Lipinski definition) is 1. The molecule has 1 saturated heterocycles. The summed E-state index contributed by atoms with van der Waals surface area (Å²) < 4.78 is 5.61.